The standard InChI is InChI=1S/C19H27N3O3/c1-14-5-4-6-15(11-14)19(7-2-3-8-19)17(23)21-12-16-13-22(18(20)24)9-10-25-16/h4-6,11,16H,2-3,7-10,12-13H2,1H3,(H2,20,24)(H,21,23)/t16-/m1/s1. The van der Waals surface area contributed by atoms with Gasteiger partial charge in [0.2, 0.25) is 5.91 Å². The van der Waals surface area contributed by atoms with E-state index >= 15 is 0 Å². The number of ether oxygens (including phenoxy) is 1. The summed E-state index contributed by atoms with van der Waals surface area (Å²) in [6.45, 7) is 3.83. The van der Waals surface area contributed by atoms with Crippen LogP contribution in [0.3, 0.4) is 0 Å². The van der Waals surface area contributed by atoms with Gasteiger partial charge in [-0.3, -0.25) is 4.79 Å². The predicted molar refractivity (Wildman–Crippen MR) is 95.2 cm³/mol. The quantitative estimate of drug-likeness (QED) is 0.871. The third kappa shape index (κ3) is 3.79. The Morgan fingerprint density at radius 2 is 2.12 bits per heavy atom. The Morgan fingerprint density at radius 1 is 1.36 bits per heavy atom. The fourth-order valence-electron chi connectivity index (χ4n) is 3.99. The zero-order valence-corrected chi connectivity index (χ0v) is 14.8. The molecular formula is C19H27N3O3. The molecule has 0 spiro atoms. The van der Waals surface area contributed by atoms with Crippen LogP contribution in [0.15, 0.2) is 24.3 Å². The smallest absolute Gasteiger partial charge is 0.314 e. The first-order valence-corrected chi connectivity index (χ1v) is 9.03. The lowest BCUT2D eigenvalue weighted by Gasteiger charge is -2.33. The van der Waals surface area contributed by atoms with Crippen molar-refractivity contribution in [3.63, 3.8) is 0 Å². The average molecular weight is 345 g/mol. The second kappa shape index (κ2) is 7.44. The Hall–Kier alpha value is -2.08. The van der Waals surface area contributed by atoms with E-state index in [2.05, 4.69) is 30.4 Å². The fourth-order valence-corrected chi connectivity index (χ4v) is 3.99. The summed E-state index contributed by atoms with van der Waals surface area (Å²) in [5, 5.41) is 3.07. The number of urea groups is 1. The number of nitrogens with zero attached hydrogens (tertiary/aromatic N) is 1. The van der Waals surface area contributed by atoms with Crippen LogP contribution < -0.4 is 11.1 Å². The summed E-state index contributed by atoms with van der Waals surface area (Å²) in [4.78, 5) is 25.9. The van der Waals surface area contributed by atoms with Crippen LogP contribution in [0.5, 0.6) is 0 Å². The topological polar surface area (TPSA) is 84.7 Å². The Balaban J connectivity index is 1.67. The highest BCUT2D eigenvalue weighted by molar-refractivity contribution is 5.88. The number of primary amides is 1. The molecule has 136 valence electrons. The highest BCUT2D eigenvalue weighted by Gasteiger charge is 2.42. The molecule has 3 rings (SSSR count). The molecule has 3 amide bonds. The number of amides is 3. The van der Waals surface area contributed by atoms with Crippen molar-refractivity contribution in [1.29, 1.82) is 0 Å². The van der Waals surface area contributed by atoms with Crippen molar-refractivity contribution >= 4 is 11.9 Å². The van der Waals surface area contributed by atoms with Gasteiger partial charge in [0.1, 0.15) is 0 Å². The molecule has 25 heavy (non-hydrogen) atoms. The lowest BCUT2D eigenvalue weighted by atomic mass is 9.77. The zero-order chi connectivity index (χ0) is 17.9. The molecule has 2 aliphatic rings. The maximum atomic E-state index is 13.1. The summed E-state index contributed by atoms with van der Waals surface area (Å²) in [7, 11) is 0. The van der Waals surface area contributed by atoms with Crippen LogP contribution in [0.2, 0.25) is 0 Å². The highest BCUT2D eigenvalue weighted by Crippen LogP contribution is 2.41. The molecule has 3 N–H and O–H groups in total. The molecule has 0 aromatic heterocycles. The fraction of sp³-hybridized carbons (Fsp3) is 0.579. The largest absolute Gasteiger partial charge is 0.373 e. The van der Waals surface area contributed by atoms with Gasteiger partial charge in [-0.15, -0.1) is 0 Å². The van der Waals surface area contributed by atoms with Gasteiger partial charge in [-0.2, -0.15) is 0 Å². The summed E-state index contributed by atoms with van der Waals surface area (Å²) in [5.41, 5.74) is 7.17. The molecule has 6 heteroatoms. The SMILES string of the molecule is Cc1cccc(C2(C(=O)NC[C@@H]3CN(C(N)=O)CCO3)CCCC2)c1. The third-order valence-electron chi connectivity index (χ3n) is 5.40. The Morgan fingerprint density at radius 3 is 2.80 bits per heavy atom. The summed E-state index contributed by atoms with van der Waals surface area (Å²) >= 11 is 0. The molecule has 6 nitrogen and oxygen atoms in total. The Bertz CT molecular complexity index is 641. The van der Waals surface area contributed by atoms with Crippen LogP contribution in [-0.4, -0.2) is 49.2 Å². The molecule has 0 radical (unpaired) electrons. The second-order valence-corrected chi connectivity index (χ2v) is 7.15. The number of nitrogens with one attached hydrogen (secondary N) is 1. The van der Waals surface area contributed by atoms with Crippen molar-refractivity contribution in [1.82, 2.24) is 10.2 Å². The van der Waals surface area contributed by atoms with Gasteiger partial charge < -0.3 is 20.7 Å². The molecule has 1 saturated heterocycles. The van der Waals surface area contributed by atoms with E-state index in [4.69, 9.17) is 10.5 Å². The maximum Gasteiger partial charge on any atom is 0.314 e. The van der Waals surface area contributed by atoms with Crippen LogP contribution in [0, 0.1) is 6.92 Å². The number of aryl methyl sites for hydroxylation is 1. The van der Waals surface area contributed by atoms with E-state index in [1.54, 1.807) is 4.90 Å². The van der Waals surface area contributed by atoms with Crippen LogP contribution >= 0.6 is 0 Å². The van der Waals surface area contributed by atoms with Crippen molar-refractivity contribution in [3.05, 3.63) is 35.4 Å². The zero-order valence-electron chi connectivity index (χ0n) is 14.8. The molecule has 1 aliphatic heterocycles. The average Bonchev–Trinajstić information content (AvgIpc) is 3.11. The van der Waals surface area contributed by atoms with Gasteiger partial charge in [0.25, 0.3) is 0 Å². The lowest BCUT2D eigenvalue weighted by molar-refractivity contribution is -0.127. The van der Waals surface area contributed by atoms with Crippen LogP contribution in [-0.2, 0) is 14.9 Å². The minimum Gasteiger partial charge on any atom is -0.373 e. The van der Waals surface area contributed by atoms with Crippen molar-refractivity contribution in [2.75, 3.05) is 26.2 Å². The molecule has 1 aromatic rings. The third-order valence-corrected chi connectivity index (χ3v) is 5.40. The van der Waals surface area contributed by atoms with Crippen molar-refractivity contribution in [3.8, 4) is 0 Å². The highest BCUT2D eigenvalue weighted by atomic mass is 16.5. The van der Waals surface area contributed by atoms with Gasteiger partial charge in [-0.05, 0) is 25.3 Å². The molecule has 1 heterocycles. The minimum atomic E-state index is -0.440. The van der Waals surface area contributed by atoms with E-state index < -0.39 is 11.4 Å². The summed E-state index contributed by atoms with van der Waals surface area (Å²) in [6, 6.07) is 7.82. The van der Waals surface area contributed by atoms with Crippen LogP contribution in [0.25, 0.3) is 0 Å². The predicted octanol–water partition coefficient (Wildman–Crippen LogP) is 1.70. The lowest BCUT2D eigenvalue weighted by Crippen LogP contribution is -2.53. The normalized spacial score (nSPS) is 22.6. The molecule has 0 unspecified atom stereocenters. The first-order valence-electron chi connectivity index (χ1n) is 9.03. The summed E-state index contributed by atoms with van der Waals surface area (Å²) in [5.74, 6) is 0.0652. The number of carbonyl (C=O) groups is 2. The van der Waals surface area contributed by atoms with E-state index in [9.17, 15) is 9.59 Å². The number of benzene rings is 1. The first kappa shape index (κ1) is 17.7. The number of morpholine rings is 1. The summed E-state index contributed by atoms with van der Waals surface area (Å²) < 4.78 is 5.66. The number of carbonyl (C=O) groups excluding carboxylic acids is 2. The van der Waals surface area contributed by atoms with Gasteiger partial charge >= 0.3 is 6.03 Å². The number of hydrogen-bond acceptors (Lipinski definition) is 3. The Kier molecular flexibility index (Phi) is 5.27. The molecule has 2 fully saturated rings. The maximum absolute atomic E-state index is 13.1. The van der Waals surface area contributed by atoms with E-state index in [1.807, 2.05) is 6.07 Å². The van der Waals surface area contributed by atoms with E-state index in [0.29, 0.717) is 26.2 Å². The monoisotopic (exact) mass is 345 g/mol. The minimum absolute atomic E-state index is 0.0652. The van der Waals surface area contributed by atoms with Crippen molar-refractivity contribution in [2.24, 2.45) is 5.73 Å². The number of hydrogen-bond donors (Lipinski definition) is 2. The summed E-state index contributed by atoms with van der Waals surface area (Å²) in [6.07, 6.45) is 3.68. The van der Waals surface area contributed by atoms with Crippen LogP contribution in [0.1, 0.15) is 36.8 Å². The van der Waals surface area contributed by atoms with E-state index in [-0.39, 0.29) is 12.0 Å². The second-order valence-electron chi connectivity index (χ2n) is 7.15. The van der Waals surface area contributed by atoms with Gasteiger partial charge in [0.15, 0.2) is 0 Å². The number of nitrogens with two attached hydrogens (primary N) is 1. The molecular weight excluding hydrogens is 318 g/mol. The van der Waals surface area contributed by atoms with Gasteiger partial charge in [0, 0.05) is 13.1 Å². The molecule has 0 bridgehead atoms. The molecule has 1 aliphatic carbocycles. The van der Waals surface area contributed by atoms with Crippen LogP contribution in [0.4, 0.5) is 4.79 Å². The van der Waals surface area contributed by atoms with Crippen molar-refractivity contribution < 1.29 is 14.3 Å². The molecule has 1 atom stereocenters. The van der Waals surface area contributed by atoms with Crippen molar-refractivity contribution in [2.45, 2.75) is 44.1 Å². The van der Waals surface area contributed by atoms with E-state index in [0.717, 1.165) is 31.2 Å². The Labute approximate surface area is 148 Å². The van der Waals surface area contributed by atoms with Gasteiger partial charge in [-0.25, -0.2) is 4.79 Å². The number of rotatable bonds is 4. The van der Waals surface area contributed by atoms with E-state index in [1.165, 1.54) is 5.56 Å². The molecule has 1 saturated carbocycles. The molecule has 1 aromatic carbocycles. The first-order chi connectivity index (χ1) is 12.0. The van der Waals surface area contributed by atoms with Gasteiger partial charge in [0.05, 0.1) is 24.7 Å². The van der Waals surface area contributed by atoms with Gasteiger partial charge in [-0.1, -0.05) is 42.7 Å².